The molecule has 1 aliphatic rings. The number of thiazole rings is 1. The number of nitrogens with one attached hydrogen (secondary N) is 1. The number of benzene rings is 1. The van der Waals surface area contributed by atoms with Crippen molar-refractivity contribution >= 4 is 34.0 Å². The molecule has 2 heterocycles. The largest absolute Gasteiger partial charge is 0.478 e. The number of carbonyl (C=O) groups excluding carboxylic acids is 1. The second-order valence-electron chi connectivity index (χ2n) is 7.00. The van der Waals surface area contributed by atoms with Crippen LogP contribution in [0.4, 0.5) is 5.13 Å². The normalized spacial score (nSPS) is 15.7. The average Bonchev–Trinajstić information content (AvgIpc) is 3.04. The van der Waals surface area contributed by atoms with E-state index in [1.807, 2.05) is 5.38 Å². The van der Waals surface area contributed by atoms with Gasteiger partial charge in [-0.05, 0) is 64.0 Å². The Morgan fingerprint density at radius 3 is 2.65 bits per heavy atom. The topological polar surface area (TPSA) is 54.5 Å². The molecule has 1 aromatic carbocycles. The van der Waals surface area contributed by atoms with Crippen molar-refractivity contribution in [3.8, 4) is 5.75 Å². The van der Waals surface area contributed by atoms with Crippen molar-refractivity contribution in [3.05, 3.63) is 40.4 Å². The number of halogens is 1. The molecule has 26 heavy (non-hydrogen) atoms. The van der Waals surface area contributed by atoms with E-state index in [2.05, 4.69) is 15.2 Å². The number of amides is 1. The minimum atomic E-state index is -1.02. The number of nitrogens with zero attached hydrogens (tertiary/aromatic N) is 2. The van der Waals surface area contributed by atoms with E-state index in [-0.39, 0.29) is 5.91 Å². The van der Waals surface area contributed by atoms with Crippen LogP contribution in [0.3, 0.4) is 0 Å². The second kappa shape index (κ2) is 8.37. The van der Waals surface area contributed by atoms with Crippen LogP contribution < -0.4 is 10.1 Å². The molecule has 0 radical (unpaired) electrons. The van der Waals surface area contributed by atoms with Gasteiger partial charge in [0.15, 0.2) is 10.7 Å². The van der Waals surface area contributed by atoms with Crippen molar-refractivity contribution < 1.29 is 9.53 Å². The van der Waals surface area contributed by atoms with Gasteiger partial charge in [0, 0.05) is 16.9 Å². The number of hydrogen-bond donors (Lipinski definition) is 1. The highest BCUT2D eigenvalue weighted by Crippen LogP contribution is 2.24. The third-order valence-electron chi connectivity index (χ3n) is 4.34. The van der Waals surface area contributed by atoms with Gasteiger partial charge in [0.25, 0.3) is 5.91 Å². The first-order valence-electron chi connectivity index (χ1n) is 8.85. The summed E-state index contributed by atoms with van der Waals surface area (Å²) in [5, 5.41) is 6.12. The highest BCUT2D eigenvalue weighted by atomic mass is 35.5. The highest BCUT2D eigenvalue weighted by Gasteiger charge is 2.30. The zero-order valence-electron chi connectivity index (χ0n) is 15.1. The monoisotopic (exact) mass is 393 g/mol. The molecule has 0 bridgehead atoms. The Hall–Kier alpha value is -1.63. The lowest BCUT2D eigenvalue weighted by Gasteiger charge is -2.25. The van der Waals surface area contributed by atoms with E-state index in [1.54, 1.807) is 38.1 Å². The maximum absolute atomic E-state index is 12.6. The van der Waals surface area contributed by atoms with Gasteiger partial charge in [-0.15, -0.1) is 11.3 Å². The van der Waals surface area contributed by atoms with E-state index in [0.29, 0.717) is 15.9 Å². The van der Waals surface area contributed by atoms with Gasteiger partial charge in [-0.1, -0.05) is 18.0 Å². The Balaban J connectivity index is 1.57. The molecule has 1 saturated heterocycles. The molecule has 1 aromatic heterocycles. The van der Waals surface area contributed by atoms with Gasteiger partial charge in [0.05, 0.1) is 5.69 Å². The van der Waals surface area contributed by atoms with Crippen LogP contribution in [0.15, 0.2) is 29.6 Å². The summed E-state index contributed by atoms with van der Waals surface area (Å²) in [6.45, 7) is 6.57. The maximum Gasteiger partial charge on any atom is 0.269 e. The lowest BCUT2D eigenvalue weighted by molar-refractivity contribution is -0.128. The van der Waals surface area contributed by atoms with E-state index < -0.39 is 5.60 Å². The number of aromatic nitrogens is 1. The number of ether oxygens (including phenoxy) is 1. The van der Waals surface area contributed by atoms with Crippen LogP contribution in [0.25, 0.3) is 0 Å². The number of hydrogen-bond acceptors (Lipinski definition) is 5. The number of anilines is 1. The zero-order chi connectivity index (χ0) is 18.6. The van der Waals surface area contributed by atoms with E-state index >= 15 is 0 Å². The maximum atomic E-state index is 12.6. The quantitative estimate of drug-likeness (QED) is 0.780. The minimum absolute atomic E-state index is 0.230. The molecule has 0 unspecified atom stereocenters. The summed E-state index contributed by atoms with van der Waals surface area (Å²) in [4.78, 5) is 19.6. The molecule has 2 aromatic rings. The molecule has 0 atom stereocenters. The van der Waals surface area contributed by atoms with Crippen LogP contribution in [-0.4, -0.2) is 34.5 Å². The summed E-state index contributed by atoms with van der Waals surface area (Å²) in [7, 11) is 0. The molecule has 5 nitrogen and oxygen atoms in total. The van der Waals surface area contributed by atoms with Crippen LogP contribution in [-0.2, 0) is 11.3 Å². The average molecular weight is 394 g/mol. The van der Waals surface area contributed by atoms with Crippen LogP contribution in [0.5, 0.6) is 5.75 Å². The molecule has 1 N–H and O–H groups in total. The molecule has 0 saturated carbocycles. The molecular weight excluding hydrogens is 370 g/mol. The Kier molecular flexibility index (Phi) is 6.16. The Labute approximate surface area is 163 Å². The molecule has 1 aliphatic heterocycles. The summed E-state index contributed by atoms with van der Waals surface area (Å²) in [6.07, 6.45) is 3.82. The van der Waals surface area contributed by atoms with Crippen molar-refractivity contribution in [2.45, 2.75) is 45.3 Å². The van der Waals surface area contributed by atoms with Crippen LogP contribution in [0, 0.1) is 0 Å². The van der Waals surface area contributed by atoms with Crippen molar-refractivity contribution in [1.29, 1.82) is 0 Å². The van der Waals surface area contributed by atoms with Gasteiger partial charge in [-0.25, -0.2) is 4.98 Å². The Bertz CT molecular complexity index is 739. The molecule has 140 valence electrons. The third-order valence-corrected chi connectivity index (χ3v) is 5.40. The lowest BCUT2D eigenvalue weighted by Crippen LogP contribution is -2.42. The van der Waals surface area contributed by atoms with E-state index in [1.165, 1.54) is 30.6 Å². The van der Waals surface area contributed by atoms with Crippen LogP contribution >= 0.6 is 22.9 Å². The van der Waals surface area contributed by atoms with E-state index in [0.717, 1.165) is 25.3 Å². The van der Waals surface area contributed by atoms with E-state index in [9.17, 15) is 4.79 Å². The summed E-state index contributed by atoms with van der Waals surface area (Å²) in [6, 6.07) is 6.96. The second-order valence-corrected chi connectivity index (χ2v) is 8.30. The molecule has 0 spiro atoms. The van der Waals surface area contributed by atoms with Crippen molar-refractivity contribution in [2.24, 2.45) is 0 Å². The first-order chi connectivity index (χ1) is 12.4. The van der Waals surface area contributed by atoms with Crippen molar-refractivity contribution in [1.82, 2.24) is 9.88 Å². The predicted molar refractivity (Wildman–Crippen MR) is 106 cm³/mol. The van der Waals surface area contributed by atoms with Gasteiger partial charge in [-0.2, -0.15) is 0 Å². The van der Waals surface area contributed by atoms with Crippen LogP contribution in [0.1, 0.15) is 38.8 Å². The molecule has 0 aliphatic carbocycles. The minimum Gasteiger partial charge on any atom is -0.478 e. The fourth-order valence-corrected chi connectivity index (χ4v) is 3.70. The van der Waals surface area contributed by atoms with Gasteiger partial charge in [0.1, 0.15) is 5.75 Å². The fraction of sp³-hybridized carbons (Fsp3) is 0.474. The van der Waals surface area contributed by atoms with Crippen molar-refractivity contribution in [3.63, 3.8) is 0 Å². The number of likely N-dealkylation sites (tertiary alicyclic amines) is 1. The first-order valence-corrected chi connectivity index (χ1v) is 10.1. The summed E-state index contributed by atoms with van der Waals surface area (Å²) in [5.74, 6) is 0.366. The lowest BCUT2D eigenvalue weighted by atomic mass is 10.1. The highest BCUT2D eigenvalue weighted by molar-refractivity contribution is 7.13. The third kappa shape index (κ3) is 5.19. The molecule has 7 heteroatoms. The zero-order valence-corrected chi connectivity index (χ0v) is 16.7. The number of piperidine rings is 1. The van der Waals surface area contributed by atoms with E-state index in [4.69, 9.17) is 16.3 Å². The summed E-state index contributed by atoms with van der Waals surface area (Å²) in [5.41, 5.74) is -0.0179. The predicted octanol–water partition coefficient (Wildman–Crippen LogP) is 4.58. The SMILES string of the molecule is CC(C)(Oc1ccc(Cl)cc1)C(=O)Nc1nc(CN2CCCCC2)cs1. The standard InChI is InChI=1S/C19H24ClN3O2S/c1-19(2,25-16-8-6-14(20)7-9-16)17(24)22-18-21-15(13-26-18)12-23-10-4-3-5-11-23/h6-9,13H,3-5,10-12H2,1-2H3,(H,21,22,24). The summed E-state index contributed by atoms with van der Waals surface area (Å²) < 4.78 is 5.82. The number of rotatable bonds is 6. The van der Waals surface area contributed by atoms with Gasteiger partial charge < -0.3 is 4.74 Å². The van der Waals surface area contributed by atoms with Gasteiger partial charge >= 0.3 is 0 Å². The fourth-order valence-electron chi connectivity index (χ4n) is 2.87. The summed E-state index contributed by atoms with van der Waals surface area (Å²) >= 11 is 7.33. The molecular formula is C19H24ClN3O2S. The smallest absolute Gasteiger partial charge is 0.269 e. The molecule has 1 fully saturated rings. The van der Waals surface area contributed by atoms with Gasteiger partial charge in [0.2, 0.25) is 0 Å². The van der Waals surface area contributed by atoms with Gasteiger partial charge in [-0.3, -0.25) is 15.0 Å². The first kappa shape index (κ1) is 19.1. The number of carbonyl (C=O) groups is 1. The molecule has 3 rings (SSSR count). The molecule has 1 amide bonds. The van der Waals surface area contributed by atoms with Crippen LogP contribution in [0.2, 0.25) is 5.02 Å². The Morgan fingerprint density at radius 2 is 1.96 bits per heavy atom. The Morgan fingerprint density at radius 1 is 1.27 bits per heavy atom. The van der Waals surface area contributed by atoms with Crippen molar-refractivity contribution in [2.75, 3.05) is 18.4 Å².